The molecule has 0 fully saturated rings. The van der Waals surface area contributed by atoms with Crippen molar-refractivity contribution in [3.8, 4) is 5.69 Å². The number of amides is 1. The minimum Gasteiger partial charge on any atom is -0.452 e. The van der Waals surface area contributed by atoms with Crippen LogP contribution in [0.15, 0.2) is 78.9 Å². The number of carbonyl (C=O) groups excluding carboxylic acids is 2. The molecule has 1 amide bonds. The van der Waals surface area contributed by atoms with Gasteiger partial charge in [-0.15, -0.1) is 0 Å². The van der Waals surface area contributed by atoms with E-state index >= 15 is 0 Å². The largest absolute Gasteiger partial charge is 0.452 e. The van der Waals surface area contributed by atoms with Crippen LogP contribution in [0.25, 0.3) is 16.7 Å². The average Bonchev–Trinajstić information content (AvgIpc) is 3.08. The standard InChI is InChI=1S/C23H19N3O3/c1-16-24-20-14-17(12-13-21(20)26(16)19-10-6-3-7-11-19)23(28)29-15-22(27)25-18-8-4-2-5-9-18/h2-14H,15H2,1H3,(H,25,27). The van der Waals surface area contributed by atoms with E-state index in [1.807, 2.05) is 66.1 Å². The Hall–Kier alpha value is -3.93. The van der Waals surface area contributed by atoms with Crippen LogP contribution in [0.5, 0.6) is 0 Å². The van der Waals surface area contributed by atoms with Gasteiger partial charge in [0.1, 0.15) is 5.82 Å². The van der Waals surface area contributed by atoms with Crippen molar-refractivity contribution in [3.63, 3.8) is 0 Å². The van der Waals surface area contributed by atoms with E-state index in [4.69, 9.17) is 4.74 Å². The van der Waals surface area contributed by atoms with E-state index in [0.29, 0.717) is 16.8 Å². The molecule has 6 nitrogen and oxygen atoms in total. The van der Waals surface area contributed by atoms with Gasteiger partial charge in [0.25, 0.3) is 5.91 Å². The highest BCUT2D eigenvalue weighted by molar-refractivity contribution is 5.97. The second kappa shape index (κ2) is 7.98. The Morgan fingerprint density at radius 3 is 2.38 bits per heavy atom. The first kappa shape index (κ1) is 18.4. The molecule has 4 aromatic rings. The van der Waals surface area contributed by atoms with E-state index in [1.165, 1.54) is 0 Å². The Bertz CT molecular complexity index is 1170. The van der Waals surface area contributed by atoms with E-state index in [-0.39, 0.29) is 6.61 Å². The third-order valence-electron chi connectivity index (χ3n) is 4.46. The number of nitrogens with one attached hydrogen (secondary N) is 1. The Morgan fingerprint density at radius 2 is 1.66 bits per heavy atom. The molecule has 1 N–H and O–H groups in total. The lowest BCUT2D eigenvalue weighted by Gasteiger charge is -2.08. The Balaban J connectivity index is 1.48. The van der Waals surface area contributed by atoms with Crippen LogP contribution < -0.4 is 5.32 Å². The van der Waals surface area contributed by atoms with Gasteiger partial charge in [0.15, 0.2) is 6.61 Å². The van der Waals surface area contributed by atoms with Crippen molar-refractivity contribution in [2.24, 2.45) is 0 Å². The van der Waals surface area contributed by atoms with Gasteiger partial charge in [-0.05, 0) is 49.4 Å². The fourth-order valence-corrected chi connectivity index (χ4v) is 3.16. The Labute approximate surface area is 167 Å². The van der Waals surface area contributed by atoms with Crippen LogP contribution >= 0.6 is 0 Å². The number of ether oxygens (including phenoxy) is 1. The van der Waals surface area contributed by atoms with Gasteiger partial charge in [0.2, 0.25) is 0 Å². The van der Waals surface area contributed by atoms with Crippen LogP contribution in [0.1, 0.15) is 16.2 Å². The summed E-state index contributed by atoms with van der Waals surface area (Å²) in [4.78, 5) is 28.9. The van der Waals surface area contributed by atoms with Gasteiger partial charge in [0, 0.05) is 11.4 Å². The summed E-state index contributed by atoms with van der Waals surface area (Å²) in [6, 6.07) is 24.1. The predicted octanol–water partition coefficient (Wildman–Crippen LogP) is 4.13. The summed E-state index contributed by atoms with van der Waals surface area (Å²) in [5.41, 5.74) is 3.58. The van der Waals surface area contributed by atoms with E-state index in [9.17, 15) is 9.59 Å². The van der Waals surface area contributed by atoms with E-state index in [1.54, 1.807) is 24.3 Å². The van der Waals surface area contributed by atoms with Crippen LogP contribution in [-0.4, -0.2) is 28.0 Å². The highest BCUT2D eigenvalue weighted by atomic mass is 16.5. The Kier molecular flexibility index (Phi) is 5.07. The summed E-state index contributed by atoms with van der Waals surface area (Å²) in [6.07, 6.45) is 0. The molecule has 0 spiro atoms. The maximum atomic E-state index is 12.4. The normalized spacial score (nSPS) is 10.7. The van der Waals surface area contributed by atoms with Crippen LogP contribution in [0.3, 0.4) is 0 Å². The number of anilines is 1. The summed E-state index contributed by atoms with van der Waals surface area (Å²) in [5, 5.41) is 2.68. The van der Waals surface area contributed by atoms with Gasteiger partial charge in [-0.3, -0.25) is 9.36 Å². The average molecular weight is 385 g/mol. The molecule has 0 unspecified atom stereocenters. The molecule has 4 rings (SSSR count). The molecule has 0 aliphatic rings. The maximum Gasteiger partial charge on any atom is 0.338 e. The summed E-state index contributed by atoms with van der Waals surface area (Å²) in [5.74, 6) is -0.143. The van der Waals surface area contributed by atoms with Crippen LogP contribution in [0.4, 0.5) is 5.69 Å². The van der Waals surface area contributed by atoms with Crippen molar-refractivity contribution in [2.45, 2.75) is 6.92 Å². The molecule has 0 bridgehead atoms. The smallest absolute Gasteiger partial charge is 0.338 e. The van der Waals surface area contributed by atoms with Crippen molar-refractivity contribution in [2.75, 3.05) is 11.9 Å². The molecule has 0 atom stereocenters. The number of carbonyl (C=O) groups is 2. The lowest BCUT2D eigenvalue weighted by Crippen LogP contribution is -2.20. The Morgan fingerprint density at radius 1 is 0.966 bits per heavy atom. The molecule has 3 aromatic carbocycles. The second-order valence-corrected chi connectivity index (χ2v) is 6.52. The van der Waals surface area contributed by atoms with Gasteiger partial charge in [-0.25, -0.2) is 9.78 Å². The second-order valence-electron chi connectivity index (χ2n) is 6.52. The summed E-state index contributed by atoms with van der Waals surface area (Å²) in [7, 11) is 0. The van der Waals surface area contributed by atoms with Gasteiger partial charge in [0.05, 0.1) is 16.6 Å². The van der Waals surface area contributed by atoms with Crippen LogP contribution in [-0.2, 0) is 9.53 Å². The van der Waals surface area contributed by atoms with E-state index < -0.39 is 11.9 Å². The topological polar surface area (TPSA) is 73.2 Å². The molecule has 0 saturated heterocycles. The van der Waals surface area contributed by atoms with E-state index in [2.05, 4.69) is 10.3 Å². The van der Waals surface area contributed by atoms with Crippen molar-refractivity contribution >= 4 is 28.6 Å². The van der Waals surface area contributed by atoms with Crippen LogP contribution in [0.2, 0.25) is 0 Å². The number of hydrogen-bond donors (Lipinski definition) is 1. The van der Waals surface area contributed by atoms with Crippen molar-refractivity contribution < 1.29 is 14.3 Å². The molecule has 0 aliphatic carbocycles. The fourth-order valence-electron chi connectivity index (χ4n) is 3.16. The number of rotatable bonds is 5. The monoisotopic (exact) mass is 385 g/mol. The number of hydrogen-bond acceptors (Lipinski definition) is 4. The third kappa shape index (κ3) is 4.01. The molecule has 1 aromatic heterocycles. The van der Waals surface area contributed by atoms with Crippen molar-refractivity contribution in [1.29, 1.82) is 0 Å². The number of esters is 1. The molecule has 6 heteroatoms. The molecule has 1 heterocycles. The zero-order valence-electron chi connectivity index (χ0n) is 15.8. The third-order valence-corrected chi connectivity index (χ3v) is 4.46. The zero-order valence-corrected chi connectivity index (χ0v) is 15.8. The van der Waals surface area contributed by atoms with Gasteiger partial charge < -0.3 is 10.1 Å². The SMILES string of the molecule is Cc1nc2cc(C(=O)OCC(=O)Nc3ccccc3)ccc2n1-c1ccccc1. The van der Waals surface area contributed by atoms with Gasteiger partial charge >= 0.3 is 5.97 Å². The lowest BCUT2D eigenvalue weighted by atomic mass is 10.2. The predicted molar refractivity (Wildman–Crippen MR) is 111 cm³/mol. The lowest BCUT2D eigenvalue weighted by molar-refractivity contribution is -0.119. The number of imidazole rings is 1. The van der Waals surface area contributed by atoms with Crippen molar-refractivity contribution in [1.82, 2.24) is 9.55 Å². The molecule has 0 saturated carbocycles. The summed E-state index contributed by atoms with van der Waals surface area (Å²) < 4.78 is 7.17. The highest BCUT2D eigenvalue weighted by Gasteiger charge is 2.14. The quantitative estimate of drug-likeness (QED) is 0.524. The number of aromatic nitrogens is 2. The first-order chi connectivity index (χ1) is 14.1. The molecular weight excluding hydrogens is 366 g/mol. The number of aryl methyl sites for hydroxylation is 1. The first-order valence-corrected chi connectivity index (χ1v) is 9.18. The molecule has 0 radical (unpaired) electrons. The minimum atomic E-state index is -0.568. The number of benzene rings is 3. The number of para-hydroxylation sites is 2. The molecular formula is C23H19N3O3. The summed E-state index contributed by atoms with van der Waals surface area (Å²) >= 11 is 0. The molecule has 0 aliphatic heterocycles. The van der Waals surface area contributed by atoms with E-state index in [0.717, 1.165) is 17.0 Å². The van der Waals surface area contributed by atoms with Crippen LogP contribution in [0, 0.1) is 6.92 Å². The number of nitrogens with zero attached hydrogens (tertiary/aromatic N) is 2. The number of fused-ring (bicyclic) bond motifs is 1. The zero-order chi connectivity index (χ0) is 20.2. The van der Waals surface area contributed by atoms with Gasteiger partial charge in [-0.2, -0.15) is 0 Å². The maximum absolute atomic E-state index is 12.4. The minimum absolute atomic E-state index is 0.350. The summed E-state index contributed by atoms with van der Waals surface area (Å²) in [6.45, 7) is 1.56. The fraction of sp³-hybridized carbons (Fsp3) is 0.0870. The molecule has 144 valence electrons. The first-order valence-electron chi connectivity index (χ1n) is 9.18. The highest BCUT2D eigenvalue weighted by Crippen LogP contribution is 2.22. The van der Waals surface area contributed by atoms with Crippen molar-refractivity contribution in [3.05, 3.63) is 90.3 Å². The molecule has 29 heavy (non-hydrogen) atoms. The van der Waals surface area contributed by atoms with Gasteiger partial charge in [-0.1, -0.05) is 36.4 Å².